The van der Waals surface area contributed by atoms with Crippen LogP contribution in [0.5, 0.6) is 5.75 Å². The van der Waals surface area contributed by atoms with Gasteiger partial charge in [0, 0.05) is 6.21 Å². The van der Waals surface area contributed by atoms with Gasteiger partial charge in [0.25, 0.3) is 5.91 Å². The first-order valence-corrected chi connectivity index (χ1v) is 7.29. The summed E-state index contributed by atoms with van der Waals surface area (Å²) >= 11 is 0. The Labute approximate surface area is 135 Å². The number of rotatable bonds is 6. The van der Waals surface area contributed by atoms with E-state index in [2.05, 4.69) is 10.5 Å². The molecule has 1 heterocycles. The normalized spacial score (nSPS) is 11.3. The van der Waals surface area contributed by atoms with E-state index in [9.17, 15) is 4.79 Å². The summed E-state index contributed by atoms with van der Waals surface area (Å²) < 4.78 is 10.7. The van der Waals surface area contributed by atoms with Crippen molar-refractivity contribution >= 4 is 18.2 Å². The fourth-order valence-corrected chi connectivity index (χ4v) is 1.99. The fourth-order valence-electron chi connectivity index (χ4n) is 1.99. The summed E-state index contributed by atoms with van der Waals surface area (Å²) in [6.45, 7) is 5.87. The Hall–Kier alpha value is -2.82. The van der Waals surface area contributed by atoms with Crippen molar-refractivity contribution in [3.05, 3.63) is 59.1 Å². The van der Waals surface area contributed by atoms with Crippen LogP contribution in [0.3, 0.4) is 0 Å². The summed E-state index contributed by atoms with van der Waals surface area (Å²) in [4.78, 5) is 11.7. The van der Waals surface area contributed by atoms with E-state index in [0.717, 1.165) is 28.2 Å². The molecule has 1 amide bonds. The molecule has 0 saturated heterocycles. The number of hydrogen-bond donors (Lipinski definition) is 1. The van der Waals surface area contributed by atoms with Crippen LogP contribution in [0.25, 0.3) is 6.08 Å². The molecule has 120 valence electrons. The van der Waals surface area contributed by atoms with E-state index in [-0.39, 0.29) is 12.5 Å². The third-order valence-corrected chi connectivity index (χ3v) is 3.37. The number of allylic oxidation sites excluding steroid dienone is 1. The fraction of sp³-hybridized carbons (Fsp3) is 0.222. The Morgan fingerprint density at radius 2 is 2.04 bits per heavy atom. The summed E-state index contributed by atoms with van der Waals surface area (Å²) in [5.74, 6) is 1.16. The molecule has 0 bridgehead atoms. The highest BCUT2D eigenvalue weighted by Gasteiger charge is 2.08. The standard InChI is InChI=1S/C18H20N2O3/c1-13-8-9-14(2)18(15(13)3)23-12-17(21)20-19-10-4-6-16-7-5-11-22-16/h4-11H,12H2,1-3H3,(H,20,21)/b6-4+,19-10-. The molecule has 0 spiro atoms. The van der Waals surface area contributed by atoms with Crippen LogP contribution in [-0.4, -0.2) is 18.7 Å². The van der Waals surface area contributed by atoms with Crippen LogP contribution < -0.4 is 10.2 Å². The Kier molecular flexibility index (Phi) is 5.74. The van der Waals surface area contributed by atoms with Crippen molar-refractivity contribution in [2.75, 3.05) is 6.61 Å². The van der Waals surface area contributed by atoms with Crippen molar-refractivity contribution in [1.82, 2.24) is 5.43 Å². The molecule has 5 nitrogen and oxygen atoms in total. The SMILES string of the molecule is Cc1ccc(C)c(OCC(=O)N/N=C\C=C\c2ccco2)c1C. The van der Waals surface area contributed by atoms with Gasteiger partial charge in [-0.2, -0.15) is 5.10 Å². The molecule has 0 atom stereocenters. The summed E-state index contributed by atoms with van der Waals surface area (Å²) in [5.41, 5.74) is 5.59. The van der Waals surface area contributed by atoms with E-state index < -0.39 is 0 Å². The first-order chi connectivity index (χ1) is 11.1. The van der Waals surface area contributed by atoms with Crippen LogP contribution >= 0.6 is 0 Å². The second-order valence-electron chi connectivity index (χ2n) is 5.13. The number of furan rings is 1. The molecule has 0 unspecified atom stereocenters. The highest BCUT2D eigenvalue weighted by atomic mass is 16.5. The maximum absolute atomic E-state index is 11.7. The van der Waals surface area contributed by atoms with Crippen LogP contribution in [-0.2, 0) is 4.79 Å². The van der Waals surface area contributed by atoms with Crippen molar-refractivity contribution < 1.29 is 13.9 Å². The summed E-state index contributed by atoms with van der Waals surface area (Å²) in [6, 6.07) is 7.63. The summed E-state index contributed by atoms with van der Waals surface area (Å²) in [5, 5.41) is 3.81. The van der Waals surface area contributed by atoms with E-state index in [1.165, 1.54) is 6.21 Å². The third kappa shape index (κ3) is 4.85. The number of hydrazone groups is 1. The molecule has 0 saturated carbocycles. The van der Waals surface area contributed by atoms with Crippen LogP contribution in [0.1, 0.15) is 22.5 Å². The third-order valence-electron chi connectivity index (χ3n) is 3.37. The number of carbonyl (C=O) groups excluding carboxylic acids is 1. The second kappa shape index (κ2) is 7.98. The molecule has 5 heteroatoms. The predicted molar refractivity (Wildman–Crippen MR) is 90.5 cm³/mol. The molecule has 0 aliphatic carbocycles. The summed E-state index contributed by atoms with van der Waals surface area (Å²) in [6.07, 6.45) is 6.48. The Morgan fingerprint density at radius 3 is 2.78 bits per heavy atom. The van der Waals surface area contributed by atoms with E-state index in [1.807, 2.05) is 39.0 Å². The van der Waals surface area contributed by atoms with Crippen molar-refractivity contribution in [1.29, 1.82) is 0 Å². The lowest BCUT2D eigenvalue weighted by Gasteiger charge is -2.13. The number of carbonyl (C=O) groups is 1. The topological polar surface area (TPSA) is 63.8 Å². The van der Waals surface area contributed by atoms with Gasteiger partial charge in [-0.3, -0.25) is 4.79 Å². The molecule has 1 aromatic carbocycles. The van der Waals surface area contributed by atoms with Crippen molar-refractivity contribution in [3.63, 3.8) is 0 Å². The Balaban J connectivity index is 1.80. The quantitative estimate of drug-likeness (QED) is 0.657. The number of hydrogen-bond acceptors (Lipinski definition) is 4. The van der Waals surface area contributed by atoms with E-state index in [4.69, 9.17) is 9.15 Å². The van der Waals surface area contributed by atoms with Gasteiger partial charge in [-0.15, -0.1) is 0 Å². The zero-order valence-corrected chi connectivity index (χ0v) is 13.5. The van der Waals surface area contributed by atoms with Gasteiger partial charge in [-0.05, 0) is 61.7 Å². The molecule has 2 aromatic rings. The summed E-state index contributed by atoms with van der Waals surface area (Å²) in [7, 11) is 0. The average molecular weight is 312 g/mol. The lowest BCUT2D eigenvalue weighted by molar-refractivity contribution is -0.123. The molecule has 0 fully saturated rings. The minimum atomic E-state index is -0.312. The van der Waals surface area contributed by atoms with Gasteiger partial charge in [-0.25, -0.2) is 5.43 Å². The molecule has 0 aliphatic rings. The van der Waals surface area contributed by atoms with Gasteiger partial charge in [0.1, 0.15) is 11.5 Å². The average Bonchev–Trinajstić information content (AvgIpc) is 3.04. The lowest BCUT2D eigenvalue weighted by Crippen LogP contribution is -2.24. The molecule has 1 aromatic heterocycles. The maximum Gasteiger partial charge on any atom is 0.277 e. The molecule has 2 rings (SSSR count). The largest absolute Gasteiger partial charge is 0.483 e. The number of amides is 1. The molecule has 23 heavy (non-hydrogen) atoms. The highest BCUT2D eigenvalue weighted by molar-refractivity contribution is 5.81. The molecule has 0 radical (unpaired) electrons. The molecular formula is C18H20N2O3. The number of ether oxygens (including phenoxy) is 1. The monoisotopic (exact) mass is 312 g/mol. The predicted octanol–water partition coefficient (Wildman–Crippen LogP) is 3.40. The van der Waals surface area contributed by atoms with Gasteiger partial charge in [-0.1, -0.05) is 12.1 Å². The molecule has 1 N–H and O–H groups in total. The zero-order valence-electron chi connectivity index (χ0n) is 13.5. The number of nitrogens with zero attached hydrogens (tertiary/aromatic N) is 1. The first kappa shape index (κ1) is 16.5. The van der Waals surface area contributed by atoms with Crippen LogP contribution in [0.4, 0.5) is 0 Å². The van der Waals surface area contributed by atoms with Crippen molar-refractivity contribution in [2.24, 2.45) is 5.10 Å². The Morgan fingerprint density at radius 1 is 1.26 bits per heavy atom. The van der Waals surface area contributed by atoms with Gasteiger partial charge in [0.2, 0.25) is 0 Å². The van der Waals surface area contributed by atoms with Crippen molar-refractivity contribution in [3.8, 4) is 5.75 Å². The maximum atomic E-state index is 11.7. The van der Waals surface area contributed by atoms with E-state index in [0.29, 0.717) is 0 Å². The number of benzene rings is 1. The van der Waals surface area contributed by atoms with Crippen LogP contribution in [0.15, 0.2) is 46.1 Å². The van der Waals surface area contributed by atoms with Gasteiger partial charge in [0.05, 0.1) is 6.26 Å². The minimum Gasteiger partial charge on any atom is -0.483 e. The number of nitrogens with one attached hydrogen (secondary N) is 1. The van der Waals surface area contributed by atoms with Crippen molar-refractivity contribution in [2.45, 2.75) is 20.8 Å². The smallest absolute Gasteiger partial charge is 0.277 e. The molecular weight excluding hydrogens is 292 g/mol. The van der Waals surface area contributed by atoms with Gasteiger partial charge < -0.3 is 9.15 Å². The molecule has 0 aliphatic heterocycles. The highest BCUT2D eigenvalue weighted by Crippen LogP contribution is 2.25. The minimum absolute atomic E-state index is 0.0790. The van der Waals surface area contributed by atoms with E-state index in [1.54, 1.807) is 24.5 Å². The number of aryl methyl sites for hydroxylation is 2. The second-order valence-corrected chi connectivity index (χ2v) is 5.13. The Bertz CT molecular complexity index is 716. The first-order valence-electron chi connectivity index (χ1n) is 7.29. The van der Waals surface area contributed by atoms with E-state index >= 15 is 0 Å². The van der Waals surface area contributed by atoms with Crippen LogP contribution in [0.2, 0.25) is 0 Å². The van der Waals surface area contributed by atoms with Gasteiger partial charge in [0.15, 0.2) is 6.61 Å². The van der Waals surface area contributed by atoms with Crippen LogP contribution in [0, 0.1) is 20.8 Å². The zero-order chi connectivity index (χ0) is 16.7. The lowest BCUT2D eigenvalue weighted by atomic mass is 10.1. The van der Waals surface area contributed by atoms with Gasteiger partial charge >= 0.3 is 0 Å².